The zero-order chi connectivity index (χ0) is 27.7. The van der Waals surface area contributed by atoms with Gasteiger partial charge in [-0.2, -0.15) is 5.26 Å². The van der Waals surface area contributed by atoms with Crippen molar-refractivity contribution in [3.05, 3.63) is 81.6 Å². The number of amides is 1. The highest BCUT2D eigenvalue weighted by molar-refractivity contribution is 6.31. The number of carbonyl (C=O) groups excluding carboxylic acids is 1. The molecule has 2 N–H and O–H groups in total. The number of carbonyl (C=O) groups is 1. The first kappa shape index (κ1) is 28.0. The van der Waals surface area contributed by atoms with Crippen LogP contribution in [-0.4, -0.2) is 39.5 Å². The molecule has 0 radical (unpaired) electrons. The van der Waals surface area contributed by atoms with E-state index in [0.717, 1.165) is 6.07 Å². The fraction of sp³-hybridized carbons (Fsp3) is 0.407. The van der Waals surface area contributed by atoms with E-state index in [-0.39, 0.29) is 33.1 Å². The minimum atomic E-state index is -1.67. The molecule has 1 saturated heterocycles. The lowest BCUT2D eigenvalue weighted by Crippen LogP contribution is -2.46. The van der Waals surface area contributed by atoms with Crippen LogP contribution in [0.1, 0.15) is 44.2 Å². The molecular formula is C27H28Cl2F2N6O. The Morgan fingerprint density at radius 3 is 2.66 bits per heavy atom. The highest BCUT2D eigenvalue weighted by atomic mass is 35.5. The Kier molecular flexibility index (Phi) is 8.07. The van der Waals surface area contributed by atoms with Crippen LogP contribution in [0.2, 0.25) is 10.0 Å². The van der Waals surface area contributed by atoms with Crippen molar-refractivity contribution in [1.82, 2.24) is 25.6 Å². The summed E-state index contributed by atoms with van der Waals surface area (Å²) in [6, 6.07) is 9.04. The summed E-state index contributed by atoms with van der Waals surface area (Å²) in [6.07, 6.45) is 3.58. The SMILES string of the molecule is CC(C)(C)C[C@@H]1N[C@@H](C(=O)NCCn2ccnn2)[C@H](c2cccc(Cl)c2F)[C@@]1(C#N)c1ccc(Cl)cc1F. The van der Waals surface area contributed by atoms with Gasteiger partial charge in [0, 0.05) is 35.3 Å². The van der Waals surface area contributed by atoms with E-state index >= 15 is 8.78 Å². The number of nitrogens with one attached hydrogen (secondary N) is 2. The van der Waals surface area contributed by atoms with Crippen molar-refractivity contribution in [3.8, 4) is 6.07 Å². The topological polar surface area (TPSA) is 95.6 Å². The second-order valence-electron chi connectivity index (χ2n) is 10.6. The summed E-state index contributed by atoms with van der Waals surface area (Å²) in [4.78, 5) is 13.6. The van der Waals surface area contributed by atoms with Crippen LogP contribution in [0.25, 0.3) is 0 Å². The fourth-order valence-corrected chi connectivity index (χ4v) is 5.65. The van der Waals surface area contributed by atoms with Gasteiger partial charge in [-0.15, -0.1) is 5.10 Å². The van der Waals surface area contributed by atoms with Gasteiger partial charge in [-0.3, -0.25) is 9.48 Å². The molecule has 11 heteroatoms. The van der Waals surface area contributed by atoms with Gasteiger partial charge in [0.15, 0.2) is 0 Å². The van der Waals surface area contributed by atoms with E-state index in [1.165, 1.54) is 30.5 Å². The van der Waals surface area contributed by atoms with Crippen molar-refractivity contribution in [2.24, 2.45) is 5.41 Å². The molecule has 0 aliphatic carbocycles. The molecule has 2 heterocycles. The molecule has 1 aliphatic rings. The molecule has 3 aromatic rings. The molecule has 4 rings (SSSR count). The van der Waals surface area contributed by atoms with E-state index in [1.807, 2.05) is 20.8 Å². The zero-order valence-corrected chi connectivity index (χ0v) is 22.7. The molecular weight excluding hydrogens is 533 g/mol. The molecule has 1 fully saturated rings. The molecule has 200 valence electrons. The van der Waals surface area contributed by atoms with Gasteiger partial charge in [-0.05, 0) is 35.6 Å². The van der Waals surface area contributed by atoms with Gasteiger partial charge >= 0.3 is 0 Å². The molecule has 0 unspecified atom stereocenters. The van der Waals surface area contributed by atoms with Gasteiger partial charge in [0.05, 0.1) is 29.9 Å². The number of benzene rings is 2. The normalized spacial score (nSPS) is 23.3. The highest BCUT2D eigenvalue weighted by Crippen LogP contribution is 2.52. The van der Waals surface area contributed by atoms with Gasteiger partial charge in [0.25, 0.3) is 0 Å². The molecule has 4 atom stereocenters. The lowest BCUT2D eigenvalue weighted by Gasteiger charge is -2.37. The van der Waals surface area contributed by atoms with Gasteiger partial charge in [0.1, 0.15) is 17.0 Å². The van der Waals surface area contributed by atoms with Crippen molar-refractivity contribution >= 4 is 29.1 Å². The number of halogens is 4. The molecule has 38 heavy (non-hydrogen) atoms. The highest BCUT2D eigenvalue weighted by Gasteiger charge is 2.61. The van der Waals surface area contributed by atoms with Gasteiger partial charge in [0.2, 0.25) is 5.91 Å². The molecule has 0 bridgehead atoms. The van der Waals surface area contributed by atoms with E-state index in [9.17, 15) is 10.1 Å². The average Bonchev–Trinajstić information content (AvgIpc) is 3.46. The first-order valence-electron chi connectivity index (χ1n) is 12.2. The summed E-state index contributed by atoms with van der Waals surface area (Å²) in [5.41, 5.74) is -1.90. The summed E-state index contributed by atoms with van der Waals surface area (Å²) < 4.78 is 32.8. The van der Waals surface area contributed by atoms with Crippen LogP contribution in [0.3, 0.4) is 0 Å². The van der Waals surface area contributed by atoms with Crippen molar-refractivity contribution in [1.29, 1.82) is 5.26 Å². The smallest absolute Gasteiger partial charge is 0.237 e. The van der Waals surface area contributed by atoms with Crippen LogP contribution in [-0.2, 0) is 16.8 Å². The Morgan fingerprint density at radius 2 is 2.03 bits per heavy atom. The standard InChI is InChI=1S/C27H28Cl2F2N6O/c1-26(2,3)14-21-27(15-32,18-8-7-16(28)13-20(18)30)22(17-5-4-6-19(29)23(17)31)24(35-21)25(38)33-9-11-37-12-10-34-36-37/h4-8,10,12-13,21-22,24,35H,9,11,14H2,1-3H3,(H,33,38)/t21-,22-,24+,27-/m0/s1. The summed E-state index contributed by atoms with van der Waals surface area (Å²) >= 11 is 12.2. The number of aromatic nitrogens is 3. The number of nitrogens with zero attached hydrogens (tertiary/aromatic N) is 4. The summed E-state index contributed by atoms with van der Waals surface area (Å²) in [5.74, 6) is -3.04. The third kappa shape index (κ3) is 5.39. The largest absolute Gasteiger partial charge is 0.353 e. The third-order valence-electron chi connectivity index (χ3n) is 6.84. The van der Waals surface area contributed by atoms with Crippen LogP contribution in [0, 0.1) is 28.4 Å². The van der Waals surface area contributed by atoms with E-state index in [0.29, 0.717) is 13.0 Å². The lowest BCUT2D eigenvalue weighted by atomic mass is 9.62. The van der Waals surface area contributed by atoms with Crippen LogP contribution >= 0.6 is 23.2 Å². The molecule has 1 amide bonds. The van der Waals surface area contributed by atoms with E-state index < -0.39 is 41.0 Å². The zero-order valence-electron chi connectivity index (χ0n) is 21.2. The Morgan fingerprint density at radius 1 is 1.26 bits per heavy atom. The maximum Gasteiger partial charge on any atom is 0.237 e. The quantitative estimate of drug-likeness (QED) is 0.424. The fourth-order valence-electron chi connectivity index (χ4n) is 5.31. The van der Waals surface area contributed by atoms with E-state index in [1.54, 1.807) is 16.9 Å². The third-order valence-corrected chi connectivity index (χ3v) is 7.37. The maximum atomic E-state index is 15.6. The molecule has 0 spiro atoms. The number of hydrogen-bond acceptors (Lipinski definition) is 5. The second kappa shape index (κ2) is 11.0. The molecule has 1 aliphatic heterocycles. The van der Waals surface area contributed by atoms with Crippen LogP contribution in [0.15, 0.2) is 48.8 Å². The molecule has 0 saturated carbocycles. The molecule has 2 aromatic carbocycles. The number of hydrogen-bond donors (Lipinski definition) is 2. The number of rotatable bonds is 7. The van der Waals surface area contributed by atoms with Gasteiger partial charge in [-0.1, -0.05) is 67.4 Å². The van der Waals surface area contributed by atoms with Gasteiger partial charge < -0.3 is 10.6 Å². The van der Waals surface area contributed by atoms with Crippen molar-refractivity contribution in [2.45, 2.75) is 57.2 Å². The first-order valence-corrected chi connectivity index (χ1v) is 12.9. The minimum Gasteiger partial charge on any atom is -0.353 e. The lowest BCUT2D eigenvalue weighted by molar-refractivity contribution is -0.123. The summed E-state index contributed by atoms with van der Waals surface area (Å²) in [7, 11) is 0. The molecule has 1 aromatic heterocycles. The van der Waals surface area contributed by atoms with E-state index in [2.05, 4.69) is 27.0 Å². The predicted molar refractivity (Wildman–Crippen MR) is 141 cm³/mol. The Labute approximate surface area is 230 Å². The van der Waals surface area contributed by atoms with Crippen molar-refractivity contribution in [3.63, 3.8) is 0 Å². The average molecular weight is 561 g/mol. The minimum absolute atomic E-state index is 0.0356. The van der Waals surface area contributed by atoms with Crippen LogP contribution in [0.4, 0.5) is 8.78 Å². The van der Waals surface area contributed by atoms with E-state index in [4.69, 9.17) is 23.2 Å². The Balaban J connectivity index is 1.86. The first-order chi connectivity index (χ1) is 18.0. The predicted octanol–water partition coefficient (Wildman–Crippen LogP) is 5.00. The Bertz CT molecular complexity index is 1350. The maximum absolute atomic E-state index is 15.6. The van der Waals surface area contributed by atoms with Crippen LogP contribution < -0.4 is 10.6 Å². The number of nitriles is 1. The molecule has 7 nitrogen and oxygen atoms in total. The summed E-state index contributed by atoms with van der Waals surface area (Å²) in [5, 5.41) is 24.6. The van der Waals surface area contributed by atoms with Crippen molar-refractivity contribution < 1.29 is 13.6 Å². The monoisotopic (exact) mass is 560 g/mol. The summed E-state index contributed by atoms with van der Waals surface area (Å²) in [6.45, 7) is 6.51. The van der Waals surface area contributed by atoms with Crippen LogP contribution in [0.5, 0.6) is 0 Å². The van der Waals surface area contributed by atoms with Crippen molar-refractivity contribution in [2.75, 3.05) is 6.54 Å². The second-order valence-corrected chi connectivity index (χ2v) is 11.5. The Hall–Kier alpha value is -3.06. The van der Waals surface area contributed by atoms with Gasteiger partial charge in [-0.25, -0.2) is 8.78 Å².